The minimum atomic E-state index is 0.105. The van der Waals surface area contributed by atoms with Crippen LogP contribution in [0.1, 0.15) is 51.2 Å². The van der Waals surface area contributed by atoms with Crippen molar-refractivity contribution in [2.75, 3.05) is 26.2 Å². The molecule has 1 rings (SSSR count). The molecule has 0 amide bonds. The number of hydrogen-bond donors (Lipinski definition) is 3. The second-order valence-corrected chi connectivity index (χ2v) is 6.54. The van der Waals surface area contributed by atoms with E-state index in [0.717, 1.165) is 51.3 Å². The summed E-state index contributed by atoms with van der Waals surface area (Å²) in [6, 6.07) is 8.62. The molecule has 0 bridgehead atoms. The average Bonchev–Trinajstić information content (AvgIpc) is 2.58. The molecule has 0 spiro atoms. The molecule has 0 aromatic heterocycles. The largest absolute Gasteiger partial charge is 0.396 e. The highest BCUT2D eigenvalue weighted by Crippen LogP contribution is 2.30. The minimum absolute atomic E-state index is 0.105. The molecule has 136 valence electrons. The second-order valence-electron chi connectivity index (χ2n) is 6.54. The summed E-state index contributed by atoms with van der Waals surface area (Å²) in [5, 5.41) is 16.1. The van der Waals surface area contributed by atoms with Crippen LogP contribution in [-0.4, -0.2) is 37.3 Å². The lowest BCUT2D eigenvalue weighted by Crippen LogP contribution is -2.39. The first kappa shape index (κ1) is 20.5. The number of hydrogen-bond acceptors (Lipinski definition) is 2. The summed E-state index contributed by atoms with van der Waals surface area (Å²) in [5.74, 6) is 0.870. The molecule has 3 N–H and O–H groups in total. The lowest BCUT2D eigenvalue weighted by Gasteiger charge is -2.29. The molecular formula is C20H35N3O. The molecule has 0 atom stereocenters. The first-order valence-electron chi connectivity index (χ1n) is 9.27. The normalized spacial score (nSPS) is 12.3. The molecule has 0 heterocycles. The lowest BCUT2D eigenvalue weighted by atomic mass is 9.79. The van der Waals surface area contributed by atoms with Gasteiger partial charge in [0.2, 0.25) is 0 Å². The molecule has 1 aromatic carbocycles. The van der Waals surface area contributed by atoms with Gasteiger partial charge in [0.25, 0.3) is 0 Å². The van der Waals surface area contributed by atoms with Crippen molar-refractivity contribution in [2.24, 2.45) is 10.4 Å². The van der Waals surface area contributed by atoms with E-state index in [1.54, 1.807) is 0 Å². The van der Waals surface area contributed by atoms with Crippen molar-refractivity contribution in [3.8, 4) is 0 Å². The molecule has 0 saturated heterocycles. The van der Waals surface area contributed by atoms with Gasteiger partial charge in [0.1, 0.15) is 0 Å². The monoisotopic (exact) mass is 333 g/mol. The Morgan fingerprint density at radius 2 is 1.92 bits per heavy atom. The van der Waals surface area contributed by atoms with Gasteiger partial charge in [-0.15, -0.1) is 0 Å². The molecule has 24 heavy (non-hydrogen) atoms. The van der Waals surface area contributed by atoms with Crippen LogP contribution in [0, 0.1) is 12.3 Å². The zero-order chi connectivity index (χ0) is 17.8. The van der Waals surface area contributed by atoms with E-state index in [4.69, 9.17) is 4.99 Å². The Kier molecular flexibility index (Phi) is 9.46. The summed E-state index contributed by atoms with van der Waals surface area (Å²) in [6.45, 7) is 11.3. The van der Waals surface area contributed by atoms with Crippen LogP contribution in [0.15, 0.2) is 29.3 Å². The van der Waals surface area contributed by atoms with Gasteiger partial charge in [0.15, 0.2) is 5.96 Å². The number of aryl methyl sites for hydroxylation is 1. The van der Waals surface area contributed by atoms with E-state index in [0.29, 0.717) is 0 Å². The van der Waals surface area contributed by atoms with Gasteiger partial charge in [-0.05, 0) is 50.5 Å². The Morgan fingerprint density at radius 3 is 2.50 bits per heavy atom. The number of aliphatic imine (C=N–C) groups is 1. The molecule has 0 saturated carbocycles. The maximum atomic E-state index is 9.34. The summed E-state index contributed by atoms with van der Waals surface area (Å²) in [7, 11) is 0. The Morgan fingerprint density at radius 1 is 1.17 bits per heavy atom. The van der Waals surface area contributed by atoms with E-state index in [1.807, 2.05) is 0 Å². The van der Waals surface area contributed by atoms with Crippen LogP contribution in [0.5, 0.6) is 0 Å². The van der Waals surface area contributed by atoms with Crippen LogP contribution < -0.4 is 10.6 Å². The third-order valence-corrected chi connectivity index (χ3v) is 4.85. The number of benzene rings is 1. The second kappa shape index (κ2) is 11.1. The van der Waals surface area contributed by atoms with Gasteiger partial charge in [-0.1, -0.05) is 43.7 Å². The van der Waals surface area contributed by atoms with E-state index in [2.05, 4.69) is 62.6 Å². The van der Waals surface area contributed by atoms with Gasteiger partial charge in [-0.3, -0.25) is 4.99 Å². The number of aliphatic hydroxyl groups is 1. The standard InChI is InChI=1S/C20H35N3O/c1-5-20(6-2,12-14-24)16-23-19(21-7-3)22-13-11-18-10-8-9-17(4)15-18/h8-10,15,24H,5-7,11-14,16H2,1-4H3,(H2,21,22,23). The van der Waals surface area contributed by atoms with Gasteiger partial charge in [0, 0.05) is 26.2 Å². The predicted molar refractivity (Wildman–Crippen MR) is 104 cm³/mol. The SMILES string of the molecule is CCNC(=NCC(CC)(CC)CCO)NCCc1cccc(C)c1. The van der Waals surface area contributed by atoms with Crippen LogP contribution in [0.3, 0.4) is 0 Å². The predicted octanol–water partition coefficient (Wildman–Crippen LogP) is 3.28. The van der Waals surface area contributed by atoms with Crippen molar-refractivity contribution in [1.29, 1.82) is 0 Å². The fraction of sp³-hybridized carbons (Fsp3) is 0.650. The van der Waals surface area contributed by atoms with Gasteiger partial charge < -0.3 is 15.7 Å². The van der Waals surface area contributed by atoms with Crippen molar-refractivity contribution >= 4 is 5.96 Å². The van der Waals surface area contributed by atoms with E-state index >= 15 is 0 Å². The molecule has 0 aliphatic carbocycles. The Hall–Kier alpha value is -1.55. The Bertz CT molecular complexity index is 495. The van der Waals surface area contributed by atoms with Crippen molar-refractivity contribution in [2.45, 2.75) is 53.4 Å². The fourth-order valence-electron chi connectivity index (χ4n) is 2.92. The van der Waals surface area contributed by atoms with E-state index in [-0.39, 0.29) is 12.0 Å². The van der Waals surface area contributed by atoms with Crippen LogP contribution in [0.25, 0.3) is 0 Å². The maximum Gasteiger partial charge on any atom is 0.191 e. The third kappa shape index (κ3) is 6.91. The zero-order valence-electron chi connectivity index (χ0n) is 15.9. The molecular weight excluding hydrogens is 298 g/mol. The van der Waals surface area contributed by atoms with Crippen LogP contribution in [-0.2, 0) is 6.42 Å². The van der Waals surface area contributed by atoms with Gasteiger partial charge in [0.05, 0.1) is 0 Å². The highest BCUT2D eigenvalue weighted by atomic mass is 16.3. The summed E-state index contributed by atoms with van der Waals surface area (Å²) >= 11 is 0. The quantitative estimate of drug-likeness (QED) is 0.455. The molecule has 0 fully saturated rings. The smallest absolute Gasteiger partial charge is 0.191 e. The first-order valence-corrected chi connectivity index (χ1v) is 9.27. The molecule has 0 unspecified atom stereocenters. The van der Waals surface area contributed by atoms with E-state index in [9.17, 15) is 5.11 Å². The van der Waals surface area contributed by atoms with E-state index < -0.39 is 0 Å². The van der Waals surface area contributed by atoms with Gasteiger partial charge in [-0.25, -0.2) is 0 Å². The van der Waals surface area contributed by atoms with E-state index in [1.165, 1.54) is 11.1 Å². The molecule has 4 heteroatoms. The summed E-state index contributed by atoms with van der Waals surface area (Å²) in [5.41, 5.74) is 2.75. The van der Waals surface area contributed by atoms with Gasteiger partial charge in [-0.2, -0.15) is 0 Å². The summed E-state index contributed by atoms with van der Waals surface area (Å²) in [4.78, 5) is 4.78. The lowest BCUT2D eigenvalue weighted by molar-refractivity contribution is 0.175. The zero-order valence-corrected chi connectivity index (χ0v) is 15.9. The van der Waals surface area contributed by atoms with Gasteiger partial charge >= 0.3 is 0 Å². The van der Waals surface area contributed by atoms with Crippen molar-refractivity contribution < 1.29 is 5.11 Å². The minimum Gasteiger partial charge on any atom is -0.396 e. The Balaban J connectivity index is 2.61. The van der Waals surface area contributed by atoms with Crippen molar-refractivity contribution in [3.05, 3.63) is 35.4 Å². The highest BCUT2D eigenvalue weighted by molar-refractivity contribution is 5.79. The van der Waals surface area contributed by atoms with Crippen LogP contribution in [0.4, 0.5) is 0 Å². The van der Waals surface area contributed by atoms with Crippen molar-refractivity contribution in [3.63, 3.8) is 0 Å². The molecule has 0 aliphatic rings. The molecule has 0 radical (unpaired) electrons. The Labute approximate surface area is 147 Å². The third-order valence-electron chi connectivity index (χ3n) is 4.85. The summed E-state index contributed by atoms with van der Waals surface area (Å²) in [6.07, 6.45) is 3.87. The topological polar surface area (TPSA) is 56.7 Å². The number of nitrogens with zero attached hydrogens (tertiary/aromatic N) is 1. The average molecular weight is 334 g/mol. The first-order chi connectivity index (χ1) is 11.6. The highest BCUT2D eigenvalue weighted by Gasteiger charge is 2.25. The molecule has 4 nitrogen and oxygen atoms in total. The van der Waals surface area contributed by atoms with Crippen molar-refractivity contribution in [1.82, 2.24) is 10.6 Å². The molecule has 1 aromatic rings. The number of aliphatic hydroxyl groups excluding tert-OH is 1. The van der Waals surface area contributed by atoms with Crippen LogP contribution >= 0.6 is 0 Å². The fourth-order valence-corrected chi connectivity index (χ4v) is 2.92. The number of rotatable bonds is 10. The summed E-state index contributed by atoms with van der Waals surface area (Å²) < 4.78 is 0. The number of nitrogens with one attached hydrogen (secondary N) is 2. The van der Waals surface area contributed by atoms with Crippen LogP contribution in [0.2, 0.25) is 0 Å². The molecule has 0 aliphatic heterocycles. The maximum absolute atomic E-state index is 9.34. The number of guanidine groups is 1.